The van der Waals surface area contributed by atoms with Crippen LogP contribution in [0.2, 0.25) is 5.02 Å². The van der Waals surface area contributed by atoms with Crippen LogP contribution in [-0.4, -0.2) is 17.5 Å². The van der Waals surface area contributed by atoms with Gasteiger partial charge >= 0.3 is 0 Å². The maximum absolute atomic E-state index is 12.4. The van der Waals surface area contributed by atoms with Crippen molar-refractivity contribution < 1.29 is 13.9 Å². The Balaban J connectivity index is 1.74. The molecule has 0 unspecified atom stereocenters. The van der Waals surface area contributed by atoms with E-state index in [-0.39, 0.29) is 12.3 Å². The van der Waals surface area contributed by atoms with Gasteiger partial charge in [-0.1, -0.05) is 17.7 Å². The third kappa shape index (κ3) is 4.21. The summed E-state index contributed by atoms with van der Waals surface area (Å²) in [6.45, 7) is 4.18. The summed E-state index contributed by atoms with van der Waals surface area (Å²) in [5.41, 5.74) is 1.15. The molecule has 0 spiro atoms. The number of amides is 1. The van der Waals surface area contributed by atoms with Gasteiger partial charge in [-0.3, -0.25) is 4.79 Å². The lowest BCUT2D eigenvalue weighted by molar-refractivity contribution is -0.115. The number of ether oxygens (including phenoxy) is 1. The van der Waals surface area contributed by atoms with Gasteiger partial charge in [0.05, 0.1) is 29.3 Å². The summed E-state index contributed by atoms with van der Waals surface area (Å²) in [6, 6.07) is 8.98. The minimum atomic E-state index is -0.211. The second kappa shape index (κ2) is 7.72. The summed E-state index contributed by atoms with van der Waals surface area (Å²) in [7, 11) is 0. The number of nitrogens with zero attached hydrogens (tertiary/aromatic N) is 1. The van der Waals surface area contributed by atoms with Gasteiger partial charge in [-0.25, -0.2) is 4.98 Å². The number of carbonyl (C=O) groups excluding carboxylic acids is 1. The summed E-state index contributed by atoms with van der Waals surface area (Å²) in [6.07, 6.45) is 0.110. The molecule has 130 valence electrons. The normalized spacial score (nSPS) is 10.7. The average Bonchev–Trinajstić information content (AvgIpc) is 3.21. The summed E-state index contributed by atoms with van der Waals surface area (Å²) in [5.74, 6) is 1.54. The minimum Gasteiger partial charge on any atom is -0.492 e. The molecule has 3 rings (SSSR count). The number of aromatic nitrogens is 1. The highest BCUT2D eigenvalue weighted by atomic mass is 35.5. The molecule has 0 aliphatic rings. The molecule has 0 radical (unpaired) electrons. The quantitative estimate of drug-likeness (QED) is 0.661. The highest BCUT2D eigenvalue weighted by molar-refractivity contribution is 7.13. The molecular formula is C18H17ClN2O3S. The predicted octanol–water partition coefficient (Wildman–Crippen LogP) is 4.94. The number of anilines is 1. The first kappa shape index (κ1) is 17.5. The van der Waals surface area contributed by atoms with E-state index in [0.29, 0.717) is 40.4 Å². The van der Waals surface area contributed by atoms with Gasteiger partial charge in [-0.15, -0.1) is 11.3 Å². The topological polar surface area (TPSA) is 64.4 Å². The molecule has 0 bridgehead atoms. The van der Waals surface area contributed by atoms with E-state index in [1.54, 1.807) is 36.5 Å². The third-order valence-corrected chi connectivity index (χ3v) is 4.56. The first-order chi connectivity index (χ1) is 12.1. The summed E-state index contributed by atoms with van der Waals surface area (Å²) >= 11 is 7.55. The molecule has 0 aliphatic carbocycles. The van der Waals surface area contributed by atoms with Gasteiger partial charge in [0.25, 0.3) is 0 Å². The zero-order chi connectivity index (χ0) is 17.8. The Morgan fingerprint density at radius 2 is 2.24 bits per heavy atom. The molecule has 0 saturated heterocycles. The Morgan fingerprint density at radius 3 is 2.96 bits per heavy atom. The van der Waals surface area contributed by atoms with Gasteiger partial charge in [0.1, 0.15) is 11.5 Å². The van der Waals surface area contributed by atoms with Crippen molar-refractivity contribution in [1.29, 1.82) is 0 Å². The Bertz CT molecular complexity index is 875. The number of carbonyl (C=O) groups is 1. The number of thiophene rings is 1. The maximum atomic E-state index is 12.4. The number of hydrogen-bond acceptors (Lipinski definition) is 5. The van der Waals surface area contributed by atoms with Crippen molar-refractivity contribution in [3.63, 3.8) is 0 Å². The lowest BCUT2D eigenvalue weighted by Gasteiger charge is -2.11. The molecule has 0 fully saturated rings. The molecule has 2 aromatic heterocycles. The summed E-state index contributed by atoms with van der Waals surface area (Å²) in [4.78, 5) is 17.8. The van der Waals surface area contributed by atoms with Gasteiger partial charge in [-0.05, 0) is 43.5 Å². The molecule has 7 heteroatoms. The number of halogens is 1. The van der Waals surface area contributed by atoms with Crippen LogP contribution in [0.5, 0.6) is 5.75 Å². The molecule has 5 nitrogen and oxygen atoms in total. The van der Waals surface area contributed by atoms with Crippen molar-refractivity contribution in [2.75, 3.05) is 11.9 Å². The van der Waals surface area contributed by atoms with E-state index in [9.17, 15) is 4.79 Å². The van der Waals surface area contributed by atoms with Crippen LogP contribution < -0.4 is 10.1 Å². The van der Waals surface area contributed by atoms with Crippen molar-refractivity contribution in [1.82, 2.24) is 4.98 Å². The van der Waals surface area contributed by atoms with Crippen LogP contribution in [0.4, 0.5) is 5.69 Å². The predicted molar refractivity (Wildman–Crippen MR) is 99.5 cm³/mol. The van der Waals surface area contributed by atoms with Crippen LogP contribution in [0.3, 0.4) is 0 Å². The van der Waals surface area contributed by atoms with Crippen molar-refractivity contribution in [2.45, 2.75) is 20.3 Å². The fraction of sp³-hybridized carbons (Fsp3) is 0.222. The van der Waals surface area contributed by atoms with Gasteiger partial charge < -0.3 is 14.5 Å². The number of rotatable bonds is 6. The van der Waals surface area contributed by atoms with Crippen molar-refractivity contribution in [3.05, 3.63) is 52.2 Å². The van der Waals surface area contributed by atoms with E-state index >= 15 is 0 Å². The van der Waals surface area contributed by atoms with E-state index in [2.05, 4.69) is 10.3 Å². The van der Waals surface area contributed by atoms with Crippen molar-refractivity contribution >= 4 is 34.5 Å². The van der Waals surface area contributed by atoms with Crippen LogP contribution >= 0.6 is 22.9 Å². The smallest absolute Gasteiger partial charge is 0.236 e. The van der Waals surface area contributed by atoms with E-state index < -0.39 is 0 Å². The lowest BCUT2D eigenvalue weighted by Crippen LogP contribution is -2.16. The number of hydrogen-bond donors (Lipinski definition) is 1. The molecule has 1 aromatic carbocycles. The Labute approximate surface area is 154 Å². The van der Waals surface area contributed by atoms with Crippen LogP contribution in [0, 0.1) is 6.92 Å². The SMILES string of the molecule is CCOc1ccc(Cl)cc1NC(=O)Cc1nc(-c2cccs2)oc1C. The summed E-state index contributed by atoms with van der Waals surface area (Å²) < 4.78 is 11.2. The van der Waals surface area contributed by atoms with Gasteiger partial charge in [0, 0.05) is 5.02 Å². The van der Waals surface area contributed by atoms with Crippen LogP contribution in [-0.2, 0) is 11.2 Å². The number of benzene rings is 1. The molecule has 0 aliphatic heterocycles. The lowest BCUT2D eigenvalue weighted by atomic mass is 10.2. The second-order valence-corrected chi connectivity index (χ2v) is 6.68. The van der Waals surface area contributed by atoms with E-state index in [1.165, 1.54) is 0 Å². The summed E-state index contributed by atoms with van der Waals surface area (Å²) in [5, 5.41) is 5.31. The van der Waals surface area contributed by atoms with Crippen LogP contribution in [0.25, 0.3) is 10.8 Å². The Kier molecular flexibility index (Phi) is 5.40. The minimum absolute atomic E-state index is 0.110. The molecule has 3 aromatic rings. The average molecular weight is 377 g/mol. The number of nitrogens with one attached hydrogen (secondary N) is 1. The number of oxazole rings is 1. The number of aryl methyl sites for hydroxylation is 1. The van der Waals surface area contributed by atoms with Gasteiger partial charge in [-0.2, -0.15) is 0 Å². The maximum Gasteiger partial charge on any atom is 0.236 e. The highest BCUT2D eigenvalue weighted by Crippen LogP contribution is 2.29. The molecule has 1 amide bonds. The highest BCUT2D eigenvalue weighted by Gasteiger charge is 2.16. The first-order valence-corrected chi connectivity index (χ1v) is 9.05. The monoisotopic (exact) mass is 376 g/mol. The third-order valence-electron chi connectivity index (χ3n) is 3.47. The molecule has 0 atom stereocenters. The zero-order valence-corrected chi connectivity index (χ0v) is 15.4. The van der Waals surface area contributed by atoms with Gasteiger partial charge in [0.15, 0.2) is 0 Å². The van der Waals surface area contributed by atoms with Crippen LogP contribution in [0.1, 0.15) is 18.4 Å². The van der Waals surface area contributed by atoms with Crippen LogP contribution in [0.15, 0.2) is 40.1 Å². The Hall–Kier alpha value is -2.31. The second-order valence-electron chi connectivity index (χ2n) is 5.30. The van der Waals surface area contributed by atoms with Crippen molar-refractivity contribution in [3.8, 4) is 16.5 Å². The fourth-order valence-electron chi connectivity index (χ4n) is 2.33. The Morgan fingerprint density at radius 1 is 1.40 bits per heavy atom. The molecule has 25 heavy (non-hydrogen) atoms. The van der Waals surface area contributed by atoms with E-state index in [0.717, 1.165) is 4.88 Å². The molecule has 1 N–H and O–H groups in total. The molecule has 0 saturated carbocycles. The van der Waals surface area contributed by atoms with E-state index in [1.807, 2.05) is 24.4 Å². The zero-order valence-electron chi connectivity index (χ0n) is 13.8. The molecule has 2 heterocycles. The standard InChI is InChI=1S/C18H17ClN2O3S/c1-3-23-15-7-6-12(19)9-14(15)20-17(22)10-13-11(2)24-18(21-13)16-5-4-8-25-16/h4-9H,3,10H2,1-2H3,(H,20,22). The fourth-order valence-corrected chi connectivity index (χ4v) is 3.15. The first-order valence-electron chi connectivity index (χ1n) is 7.79. The van der Waals surface area contributed by atoms with E-state index in [4.69, 9.17) is 20.8 Å². The van der Waals surface area contributed by atoms with Crippen molar-refractivity contribution in [2.24, 2.45) is 0 Å². The molecular weight excluding hydrogens is 360 g/mol. The largest absolute Gasteiger partial charge is 0.492 e. The van der Waals surface area contributed by atoms with Gasteiger partial charge in [0.2, 0.25) is 11.8 Å².